The molecule has 28 heavy (non-hydrogen) atoms. The van der Waals surface area contributed by atoms with Gasteiger partial charge in [0.2, 0.25) is 0 Å². The SMILES string of the molecule is Cc1ccnc(C[C@@H](C)N(C)C(=O)c2ccc(CSc3ccccn3)cc2)c1. The molecule has 0 aliphatic rings. The summed E-state index contributed by atoms with van der Waals surface area (Å²) in [7, 11) is 1.85. The Morgan fingerprint density at radius 3 is 2.54 bits per heavy atom. The van der Waals surface area contributed by atoms with Gasteiger partial charge in [-0.3, -0.25) is 9.78 Å². The van der Waals surface area contributed by atoms with E-state index in [0.717, 1.165) is 22.9 Å². The summed E-state index contributed by atoms with van der Waals surface area (Å²) in [5.74, 6) is 0.862. The van der Waals surface area contributed by atoms with E-state index < -0.39 is 0 Å². The van der Waals surface area contributed by atoms with E-state index in [-0.39, 0.29) is 11.9 Å². The standard InChI is InChI=1S/C23H25N3OS/c1-17-11-13-24-21(14-17)15-18(2)26(3)23(27)20-9-7-19(8-10-20)16-28-22-6-4-5-12-25-22/h4-14,18H,15-16H2,1-3H3/t18-/m1/s1. The van der Waals surface area contributed by atoms with Crippen molar-refractivity contribution in [2.45, 2.75) is 37.1 Å². The summed E-state index contributed by atoms with van der Waals surface area (Å²) in [6.45, 7) is 4.11. The Morgan fingerprint density at radius 2 is 1.86 bits per heavy atom. The molecule has 5 heteroatoms. The molecule has 0 saturated carbocycles. The number of nitrogens with zero attached hydrogens (tertiary/aromatic N) is 3. The number of aromatic nitrogens is 2. The molecule has 0 radical (unpaired) electrons. The minimum absolute atomic E-state index is 0.0316. The highest BCUT2D eigenvalue weighted by Crippen LogP contribution is 2.21. The van der Waals surface area contributed by atoms with Crippen LogP contribution in [0.15, 0.2) is 72.0 Å². The predicted molar refractivity (Wildman–Crippen MR) is 114 cm³/mol. The molecule has 0 aliphatic heterocycles. The molecule has 1 aromatic carbocycles. The third-order valence-electron chi connectivity index (χ3n) is 4.68. The second-order valence-electron chi connectivity index (χ2n) is 6.95. The van der Waals surface area contributed by atoms with E-state index in [1.54, 1.807) is 22.9 Å². The first-order chi connectivity index (χ1) is 13.5. The number of carbonyl (C=O) groups is 1. The number of aryl methyl sites for hydroxylation is 1. The Labute approximate surface area is 171 Å². The van der Waals surface area contributed by atoms with Crippen LogP contribution in [0.25, 0.3) is 0 Å². The lowest BCUT2D eigenvalue weighted by Crippen LogP contribution is -2.36. The van der Waals surface area contributed by atoms with E-state index in [9.17, 15) is 4.79 Å². The average Bonchev–Trinajstić information content (AvgIpc) is 2.72. The van der Waals surface area contributed by atoms with E-state index >= 15 is 0 Å². The monoisotopic (exact) mass is 391 g/mol. The van der Waals surface area contributed by atoms with E-state index in [1.807, 2.05) is 61.8 Å². The summed E-state index contributed by atoms with van der Waals surface area (Å²) in [5, 5.41) is 1.00. The number of amides is 1. The molecule has 3 aromatic rings. The van der Waals surface area contributed by atoms with Gasteiger partial charge in [-0.25, -0.2) is 4.98 Å². The maximum atomic E-state index is 12.8. The second kappa shape index (κ2) is 9.51. The zero-order valence-electron chi connectivity index (χ0n) is 16.5. The van der Waals surface area contributed by atoms with Gasteiger partial charge in [0.1, 0.15) is 0 Å². The minimum atomic E-state index is 0.0316. The van der Waals surface area contributed by atoms with E-state index in [0.29, 0.717) is 5.56 Å². The fourth-order valence-corrected chi connectivity index (χ4v) is 3.70. The first kappa shape index (κ1) is 20.1. The van der Waals surface area contributed by atoms with Gasteiger partial charge in [0.15, 0.2) is 0 Å². The molecule has 3 rings (SSSR count). The molecule has 1 atom stereocenters. The third-order valence-corrected chi connectivity index (χ3v) is 5.70. The molecule has 144 valence electrons. The molecule has 4 nitrogen and oxygen atoms in total. The van der Waals surface area contributed by atoms with Crippen molar-refractivity contribution in [3.05, 3.63) is 89.4 Å². The fraction of sp³-hybridized carbons (Fsp3) is 0.261. The first-order valence-electron chi connectivity index (χ1n) is 9.34. The van der Waals surface area contributed by atoms with Crippen molar-refractivity contribution < 1.29 is 4.79 Å². The van der Waals surface area contributed by atoms with Crippen LogP contribution in [-0.4, -0.2) is 33.9 Å². The largest absolute Gasteiger partial charge is 0.339 e. The molecule has 0 bridgehead atoms. The van der Waals surface area contributed by atoms with Crippen molar-refractivity contribution in [1.29, 1.82) is 0 Å². The molecule has 0 N–H and O–H groups in total. The molecule has 0 unspecified atom stereocenters. The topological polar surface area (TPSA) is 46.1 Å². The smallest absolute Gasteiger partial charge is 0.253 e. The molecule has 0 fully saturated rings. The molecule has 0 saturated heterocycles. The van der Waals surface area contributed by atoms with Crippen molar-refractivity contribution in [3.8, 4) is 0 Å². The van der Waals surface area contributed by atoms with Gasteiger partial charge >= 0.3 is 0 Å². The third kappa shape index (κ3) is 5.42. The number of pyridine rings is 2. The zero-order valence-corrected chi connectivity index (χ0v) is 17.3. The van der Waals surface area contributed by atoms with Gasteiger partial charge in [0.25, 0.3) is 5.91 Å². The summed E-state index contributed by atoms with van der Waals surface area (Å²) in [6, 6.07) is 17.9. The zero-order chi connectivity index (χ0) is 19.9. The number of rotatable bonds is 7. The number of benzene rings is 1. The Hall–Kier alpha value is -2.66. The van der Waals surface area contributed by atoms with Gasteiger partial charge < -0.3 is 4.90 Å². The Kier molecular flexibility index (Phi) is 6.82. The van der Waals surface area contributed by atoms with Crippen LogP contribution < -0.4 is 0 Å². The van der Waals surface area contributed by atoms with Gasteiger partial charge in [-0.15, -0.1) is 11.8 Å². The van der Waals surface area contributed by atoms with Crippen LogP contribution in [0.4, 0.5) is 0 Å². The molecule has 2 heterocycles. The molecular weight excluding hydrogens is 366 g/mol. The normalized spacial score (nSPS) is 11.8. The van der Waals surface area contributed by atoms with E-state index in [2.05, 4.69) is 29.9 Å². The van der Waals surface area contributed by atoms with Crippen LogP contribution in [0.5, 0.6) is 0 Å². The predicted octanol–water partition coefficient (Wildman–Crippen LogP) is 4.78. The van der Waals surface area contributed by atoms with Crippen LogP contribution in [0.2, 0.25) is 0 Å². The van der Waals surface area contributed by atoms with E-state index in [1.165, 1.54) is 11.1 Å². The van der Waals surface area contributed by atoms with Gasteiger partial charge in [0.05, 0.1) is 5.03 Å². The average molecular weight is 392 g/mol. The maximum Gasteiger partial charge on any atom is 0.253 e. The Bertz CT molecular complexity index is 913. The van der Waals surface area contributed by atoms with Gasteiger partial charge in [-0.1, -0.05) is 18.2 Å². The molecule has 0 spiro atoms. The quantitative estimate of drug-likeness (QED) is 0.544. The summed E-state index contributed by atoms with van der Waals surface area (Å²) < 4.78 is 0. The number of likely N-dealkylation sites (N-methyl/N-ethyl adjacent to an activating group) is 1. The Balaban J connectivity index is 1.58. The van der Waals surface area contributed by atoms with Crippen molar-refractivity contribution in [3.63, 3.8) is 0 Å². The van der Waals surface area contributed by atoms with Crippen molar-refractivity contribution in [2.24, 2.45) is 0 Å². The fourth-order valence-electron chi connectivity index (χ4n) is 2.89. The molecule has 1 amide bonds. The minimum Gasteiger partial charge on any atom is -0.339 e. The lowest BCUT2D eigenvalue weighted by molar-refractivity contribution is 0.0743. The van der Waals surface area contributed by atoms with Crippen molar-refractivity contribution >= 4 is 17.7 Å². The van der Waals surface area contributed by atoms with Crippen LogP contribution in [0.3, 0.4) is 0 Å². The van der Waals surface area contributed by atoms with Crippen LogP contribution >= 0.6 is 11.8 Å². The first-order valence-corrected chi connectivity index (χ1v) is 10.3. The summed E-state index contributed by atoms with van der Waals surface area (Å²) >= 11 is 1.69. The molecule has 0 aliphatic carbocycles. The van der Waals surface area contributed by atoms with Crippen molar-refractivity contribution in [1.82, 2.24) is 14.9 Å². The number of thioether (sulfide) groups is 1. The Morgan fingerprint density at radius 1 is 1.07 bits per heavy atom. The second-order valence-corrected chi connectivity index (χ2v) is 7.94. The van der Waals surface area contributed by atoms with E-state index in [4.69, 9.17) is 0 Å². The summed E-state index contributed by atoms with van der Waals surface area (Å²) in [5.41, 5.74) is 4.07. The molecule has 2 aromatic heterocycles. The van der Waals surface area contributed by atoms with Crippen LogP contribution in [-0.2, 0) is 12.2 Å². The highest BCUT2D eigenvalue weighted by atomic mass is 32.2. The maximum absolute atomic E-state index is 12.8. The number of hydrogen-bond donors (Lipinski definition) is 0. The highest BCUT2D eigenvalue weighted by Gasteiger charge is 2.18. The number of hydrogen-bond acceptors (Lipinski definition) is 4. The molecular formula is C23H25N3OS. The highest BCUT2D eigenvalue weighted by molar-refractivity contribution is 7.98. The van der Waals surface area contributed by atoms with Crippen molar-refractivity contribution in [2.75, 3.05) is 7.05 Å². The van der Waals surface area contributed by atoms with Crippen LogP contribution in [0, 0.1) is 6.92 Å². The summed E-state index contributed by atoms with van der Waals surface area (Å²) in [6.07, 6.45) is 4.36. The van der Waals surface area contributed by atoms with Gasteiger partial charge in [-0.2, -0.15) is 0 Å². The summed E-state index contributed by atoms with van der Waals surface area (Å²) in [4.78, 5) is 23.3. The van der Waals surface area contributed by atoms with Crippen LogP contribution in [0.1, 0.15) is 34.1 Å². The van der Waals surface area contributed by atoms with Gasteiger partial charge in [-0.05, 0) is 61.4 Å². The lowest BCUT2D eigenvalue weighted by Gasteiger charge is -2.25. The van der Waals surface area contributed by atoms with Gasteiger partial charge in [0, 0.05) is 48.9 Å². The number of carbonyl (C=O) groups excluding carboxylic acids is 1. The lowest BCUT2D eigenvalue weighted by atomic mass is 10.1.